The van der Waals surface area contributed by atoms with E-state index in [1.54, 1.807) is 12.3 Å². The first-order valence-electron chi connectivity index (χ1n) is 5.56. The van der Waals surface area contributed by atoms with E-state index < -0.39 is 0 Å². The zero-order chi connectivity index (χ0) is 11.7. The van der Waals surface area contributed by atoms with E-state index in [-0.39, 0.29) is 5.91 Å². The Labute approximate surface area is 104 Å². The second kappa shape index (κ2) is 4.62. The SMILES string of the molecule is Cc1occc1C(=O)N1CCC(C)C1CBr. The molecule has 0 spiro atoms. The van der Waals surface area contributed by atoms with Gasteiger partial charge in [-0.25, -0.2) is 0 Å². The first kappa shape index (κ1) is 11.7. The van der Waals surface area contributed by atoms with E-state index in [4.69, 9.17) is 4.42 Å². The third kappa shape index (κ3) is 1.90. The van der Waals surface area contributed by atoms with Crippen LogP contribution in [0.2, 0.25) is 0 Å². The van der Waals surface area contributed by atoms with Crippen molar-refractivity contribution >= 4 is 21.8 Å². The van der Waals surface area contributed by atoms with E-state index >= 15 is 0 Å². The molecule has 2 rings (SSSR count). The molecule has 3 nitrogen and oxygen atoms in total. The molecule has 1 amide bonds. The highest BCUT2D eigenvalue weighted by atomic mass is 79.9. The van der Waals surface area contributed by atoms with Crippen molar-refractivity contribution in [2.45, 2.75) is 26.3 Å². The van der Waals surface area contributed by atoms with Crippen molar-refractivity contribution in [3.63, 3.8) is 0 Å². The number of rotatable bonds is 2. The second-order valence-electron chi connectivity index (χ2n) is 4.38. The summed E-state index contributed by atoms with van der Waals surface area (Å²) in [7, 11) is 0. The number of carbonyl (C=O) groups is 1. The van der Waals surface area contributed by atoms with Crippen molar-refractivity contribution in [1.29, 1.82) is 0 Å². The van der Waals surface area contributed by atoms with Crippen molar-refractivity contribution < 1.29 is 9.21 Å². The standard InChI is InChI=1S/C12H16BrNO2/c1-8-3-5-14(11(8)7-13)12(15)10-4-6-16-9(10)2/h4,6,8,11H,3,5,7H2,1-2H3. The van der Waals surface area contributed by atoms with Crippen LogP contribution in [0.25, 0.3) is 0 Å². The molecule has 2 heterocycles. The van der Waals surface area contributed by atoms with Crippen molar-refractivity contribution in [1.82, 2.24) is 4.90 Å². The van der Waals surface area contributed by atoms with Gasteiger partial charge in [0.05, 0.1) is 11.8 Å². The lowest BCUT2D eigenvalue weighted by molar-refractivity contribution is 0.0737. The molecule has 1 fully saturated rings. The van der Waals surface area contributed by atoms with Gasteiger partial charge in [-0.3, -0.25) is 4.79 Å². The fraction of sp³-hybridized carbons (Fsp3) is 0.583. The summed E-state index contributed by atoms with van der Waals surface area (Å²) in [5.74, 6) is 1.37. The quantitative estimate of drug-likeness (QED) is 0.783. The summed E-state index contributed by atoms with van der Waals surface area (Å²) < 4.78 is 5.18. The van der Waals surface area contributed by atoms with Crippen molar-refractivity contribution in [3.8, 4) is 0 Å². The molecule has 2 atom stereocenters. The van der Waals surface area contributed by atoms with Crippen LogP contribution in [0.5, 0.6) is 0 Å². The third-order valence-electron chi connectivity index (χ3n) is 3.39. The number of furan rings is 1. The van der Waals surface area contributed by atoms with Crippen LogP contribution in [0.1, 0.15) is 29.5 Å². The number of alkyl halides is 1. The summed E-state index contributed by atoms with van der Waals surface area (Å²) in [6, 6.07) is 2.06. The Balaban J connectivity index is 2.20. The number of amides is 1. The van der Waals surface area contributed by atoms with E-state index in [2.05, 4.69) is 22.9 Å². The molecule has 16 heavy (non-hydrogen) atoms. The Hall–Kier alpha value is -0.770. The van der Waals surface area contributed by atoms with Crippen LogP contribution >= 0.6 is 15.9 Å². The lowest BCUT2D eigenvalue weighted by atomic mass is 10.0. The van der Waals surface area contributed by atoms with Gasteiger partial charge in [0, 0.05) is 17.9 Å². The van der Waals surface area contributed by atoms with Gasteiger partial charge in [0.1, 0.15) is 5.76 Å². The third-order valence-corrected chi connectivity index (χ3v) is 4.05. The summed E-state index contributed by atoms with van der Waals surface area (Å²) in [6.07, 6.45) is 2.66. The Morgan fingerprint density at radius 3 is 3.00 bits per heavy atom. The van der Waals surface area contributed by atoms with Crippen LogP contribution in [0.4, 0.5) is 0 Å². The van der Waals surface area contributed by atoms with Gasteiger partial charge in [0.25, 0.3) is 5.91 Å². The molecule has 1 aliphatic rings. The zero-order valence-corrected chi connectivity index (χ0v) is 11.2. The maximum Gasteiger partial charge on any atom is 0.257 e. The van der Waals surface area contributed by atoms with Crippen molar-refractivity contribution in [2.75, 3.05) is 11.9 Å². The van der Waals surface area contributed by atoms with Gasteiger partial charge in [0.15, 0.2) is 0 Å². The average molecular weight is 286 g/mol. The smallest absolute Gasteiger partial charge is 0.257 e. The number of halogens is 1. The monoisotopic (exact) mass is 285 g/mol. The Bertz CT molecular complexity index is 388. The van der Waals surface area contributed by atoms with E-state index in [9.17, 15) is 4.79 Å². The highest BCUT2D eigenvalue weighted by Crippen LogP contribution is 2.27. The summed E-state index contributed by atoms with van der Waals surface area (Å²) in [4.78, 5) is 14.2. The Morgan fingerprint density at radius 2 is 2.44 bits per heavy atom. The predicted molar refractivity (Wildman–Crippen MR) is 65.8 cm³/mol. The molecule has 1 saturated heterocycles. The minimum atomic E-state index is 0.0973. The number of hydrogen-bond acceptors (Lipinski definition) is 2. The fourth-order valence-electron chi connectivity index (χ4n) is 2.26. The largest absolute Gasteiger partial charge is 0.469 e. The van der Waals surface area contributed by atoms with E-state index in [1.165, 1.54) is 0 Å². The molecular formula is C12H16BrNO2. The van der Waals surface area contributed by atoms with Crippen LogP contribution in [0.15, 0.2) is 16.7 Å². The fourth-order valence-corrected chi connectivity index (χ4v) is 3.24. The van der Waals surface area contributed by atoms with Gasteiger partial charge in [-0.1, -0.05) is 22.9 Å². The molecule has 1 aliphatic heterocycles. The maximum atomic E-state index is 12.3. The topological polar surface area (TPSA) is 33.5 Å². The molecule has 0 aromatic carbocycles. The molecular weight excluding hydrogens is 270 g/mol. The van der Waals surface area contributed by atoms with Crippen LogP contribution in [0, 0.1) is 12.8 Å². The summed E-state index contributed by atoms with van der Waals surface area (Å²) in [5, 5.41) is 0.844. The predicted octanol–water partition coefficient (Wildman–Crippen LogP) is 2.83. The van der Waals surface area contributed by atoms with Crippen LogP contribution < -0.4 is 0 Å². The minimum absolute atomic E-state index is 0.0973. The molecule has 1 aromatic heterocycles. The number of aryl methyl sites for hydroxylation is 1. The van der Waals surface area contributed by atoms with Gasteiger partial charge < -0.3 is 9.32 Å². The number of nitrogens with zero attached hydrogens (tertiary/aromatic N) is 1. The molecule has 88 valence electrons. The van der Waals surface area contributed by atoms with Crippen LogP contribution in [0.3, 0.4) is 0 Å². The first-order valence-corrected chi connectivity index (χ1v) is 6.68. The van der Waals surface area contributed by atoms with Gasteiger partial charge in [0.2, 0.25) is 0 Å². The Kier molecular flexibility index (Phi) is 3.38. The summed E-state index contributed by atoms with van der Waals surface area (Å²) in [5.41, 5.74) is 0.694. The molecule has 0 radical (unpaired) electrons. The molecule has 0 aliphatic carbocycles. The molecule has 1 aromatic rings. The minimum Gasteiger partial charge on any atom is -0.469 e. The number of carbonyl (C=O) groups excluding carboxylic acids is 1. The summed E-state index contributed by atoms with van der Waals surface area (Å²) in [6.45, 7) is 4.87. The zero-order valence-electron chi connectivity index (χ0n) is 9.57. The lowest BCUT2D eigenvalue weighted by Crippen LogP contribution is -2.38. The van der Waals surface area contributed by atoms with E-state index in [1.807, 2.05) is 11.8 Å². The second-order valence-corrected chi connectivity index (χ2v) is 5.02. The van der Waals surface area contributed by atoms with Crippen LogP contribution in [-0.4, -0.2) is 28.7 Å². The first-order chi connectivity index (χ1) is 7.65. The summed E-state index contributed by atoms with van der Waals surface area (Å²) >= 11 is 3.49. The van der Waals surface area contributed by atoms with Gasteiger partial charge in [-0.2, -0.15) is 0 Å². The normalized spacial score (nSPS) is 25.1. The van der Waals surface area contributed by atoms with Gasteiger partial charge >= 0.3 is 0 Å². The van der Waals surface area contributed by atoms with Crippen LogP contribution in [-0.2, 0) is 0 Å². The molecule has 4 heteroatoms. The van der Waals surface area contributed by atoms with E-state index in [0.29, 0.717) is 23.3 Å². The average Bonchev–Trinajstić information content (AvgIpc) is 2.83. The highest BCUT2D eigenvalue weighted by molar-refractivity contribution is 9.09. The van der Waals surface area contributed by atoms with Crippen molar-refractivity contribution in [3.05, 3.63) is 23.7 Å². The maximum absolute atomic E-state index is 12.3. The van der Waals surface area contributed by atoms with Gasteiger partial charge in [-0.15, -0.1) is 0 Å². The lowest BCUT2D eigenvalue weighted by Gasteiger charge is -2.25. The molecule has 0 N–H and O–H groups in total. The van der Waals surface area contributed by atoms with E-state index in [0.717, 1.165) is 18.3 Å². The molecule has 0 bridgehead atoms. The highest BCUT2D eigenvalue weighted by Gasteiger charge is 2.34. The molecule has 2 unspecified atom stereocenters. The number of likely N-dealkylation sites (tertiary alicyclic amines) is 1. The van der Waals surface area contributed by atoms with Crippen molar-refractivity contribution in [2.24, 2.45) is 5.92 Å². The Morgan fingerprint density at radius 1 is 1.69 bits per heavy atom. The van der Waals surface area contributed by atoms with Gasteiger partial charge in [-0.05, 0) is 25.3 Å². The number of hydrogen-bond donors (Lipinski definition) is 0. The molecule has 0 saturated carbocycles.